The Bertz CT molecular complexity index is 692. The molecule has 3 rings (SSSR count). The van der Waals surface area contributed by atoms with Crippen LogP contribution in [-0.4, -0.2) is 9.55 Å². The second kappa shape index (κ2) is 3.86. The maximum absolute atomic E-state index is 8.95. The van der Waals surface area contributed by atoms with Gasteiger partial charge in [0.2, 0.25) is 0 Å². The van der Waals surface area contributed by atoms with E-state index in [1.807, 2.05) is 18.2 Å². The minimum atomic E-state index is 0.394. The van der Waals surface area contributed by atoms with Gasteiger partial charge < -0.3 is 9.55 Å². The molecule has 1 heterocycles. The number of hydrogen-bond donors (Lipinski definition) is 1. The highest BCUT2D eigenvalue weighted by atomic mass is 32.1. The van der Waals surface area contributed by atoms with Gasteiger partial charge in [0.15, 0.2) is 4.77 Å². The lowest BCUT2D eigenvalue weighted by molar-refractivity contribution is 0.544. The highest BCUT2D eigenvalue weighted by Gasteiger charge is 2.16. The van der Waals surface area contributed by atoms with Gasteiger partial charge in [-0.3, -0.25) is 0 Å². The van der Waals surface area contributed by atoms with E-state index in [0.717, 1.165) is 28.6 Å². The van der Waals surface area contributed by atoms with Gasteiger partial charge in [-0.1, -0.05) is 12.2 Å². The molecule has 2 aromatic rings. The summed E-state index contributed by atoms with van der Waals surface area (Å²) in [6.07, 6.45) is 6.38. The lowest BCUT2D eigenvalue weighted by Gasteiger charge is -2.12. The Hall–Kier alpha value is -1.86. The largest absolute Gasteiger partial charge is 0.331 e. The molecule has 1 aromatic heterocycles. The van der Waals surface area contributed by atoms with E-state index in [9.17, 15) is 0 Å². The van der Waals surface area contributed by atoms with Crippen molar-refractivity contribution in [2.24, 2.45) is 0 Å². The van der Waals surface area contributed by atoms with Crippen LogP contribution in [0.1, 0.15) is 24.4 Å². The van der Waals surface area contributed by atoms with Crippen LogP contribution in [0.5, 0.6) is 0 Å². The van der Waals surface area contributed by atoms with Crippen LogP contribution in [0.3, 0.4) is 0 Å². The molecule has 0 amide bonds. The molecule has 4 heteroatoms. The summed E-state index contributed by atoms with van der Waals surface area (Å²) in [4.78, 5) is 3.20. The van der Waals surface area contributed by atoms with Gasteiger partial charge in [0.05, 0.1) is 22.7 Å². The van der Waals surface area contributed by atoms with Crippen LogP contribution < -0.4 is 0 Å². The zero-order chi connectivity index (χ0) is 11.8. The summed E-state index contributed by atoms with van der Waals surface area (Å²) in [6.45, 7) is 0. The monoisotopic (exact) mass is 241 g/mol. The number of rotatable bonds is 1. The number of nitrogens with one attached hydrogen (secondary N) is 1. The van der Waals surface area contributed by atoms with Crippen LogP contribution in [0.15, 0.2) is 30.4 Å². The molecule has 0 spiro atoms. The second-order valence-corrected chi connectivity index (χ2v) is 4.63. The third-order valence-electron chi connectivity index (χ3n) is 3.19. The number of hydrogen-bond acceptors (Lipinski definition) is 2. The summed E-state index contributed by atoms with van der Waals surface area (Å²) in [5.41, 5.74) is 2.70. The minimum absolute atomic E-state index is 0.394. The first-order chi connectivity index (χ1) is 8.29. The number of nitrogens with zero attached hydrogens (tertiary/aromatic N) is 2. The van der Waals surface area contributed by atoms with Crippen molar-refractivity contribution in [3.05, 3.63) is 40.7 Å². The number of allylic oxidation sites excluding steroid dienone is 2. The molecule has 84 valence electrons. The topological polar surface area (TPSA) is 44.5 Å². The van der Waals surface area contributed by atoms with Crippen molar-refractivity contribution in [2.45, 2.75) is 18.9 Å². The molecule has 3 nitrogen and oxygen atoms in total. The summed E-state index contributed by atoms with van der Waals surface area (Å²) in [5, 5.41) is 8.95. The van der Waals surface area contributed by atoms with Crippen LogP contribution in [0.4, 0.5) is 0 Å². The quantitative estimate of drug-likeness (QED) is 0.613. The molecule has 0 bridgehead atoms. The number of H-pyrrole nitrogens is 1. The first kappa shape index (κ1) is 10.3. The summed E-state index contributed by atoms with van der Waals surface area (Å²) in [5.74, 6) is 0. The number of benzene rings is 1. The maximum Gasteiger partial charge on any atom is 0.178 e. The fourth-order valence-corrected chi connectivity index (χ4v) is 2.72. The molecule has 0 fully saturated rings. The van der Waals surface area contributed by atoms with E-state index < -0.39 is 0 Å². The molecule has 1 aromatic carbocycles. The highest BCUT2D eigenvalue weighted by molar-refractivity contribution is 7.71. The minimum Gasteiger partial charge on any atom is -0.331 e. The first-order valence-electron chi connectivity index (χ1n) is 5.59. The Kier molecular flexibility index (Phi) is 2.34. The van der Waals surface area contributed by atoms with Crippen molar-refractivity contribution in [2.75, 3.05) is 0 Å². The molecule has 1 aliphatic carbocycles. The molecular formula is C13H11N3S. The summed E-state index contributed by atoms with van der Waals surface area (Å²) >= 11 is 5.37. The van der Waals surface area contributed by atoms with Crippen molar-refractivity contribution in [1.82, 2.24) is 9.55 Å². The van der Waals surface area contributed by atoms with E-state index in [-0.39, 0.29) is 0 Å². The molecule has 0 radical (unpaired) electrons. The Morgan fingerprint density at radius 3 is 2.82 bits per heavy atom. The third kappa shape index (κ3) is 1.60. The second-order valence-electron chi connectivity index (χ2n) is 4.24. The first-order valence-corrected chi connectivity index (χ1v) is 6.00. The molecule has 1 aliphatic rings. The fourth-order valence-electron chi connectivity index (χ4n) is 2.37. The molecule has 0 atom stereocenters. The number of nitriles is 1. The van der Waals surface area contributed by atoms with Crippen LogP contribution in [0.25, 0.3) is 11.0 Å². The van der Waals surface area contributed by atoms with E-state index in [0.29, 0.717) is 11.6 Å². The average Bonchev–Trinajstić information content (AvgIpc) is 2.93. The van der Waals surface area contributed by atoms with Crippen LogP contribution in [-0.2, 0) is 0 Å². The highest BCUT2D eigenvalue weighted by Crippen LogP contribution is 2.28. The number of aromatic amines is 1. The molecule has 0 aliphatic heterocycles. The lowest BCUT2D eigenvalue weighted by atomic mass is 10.2. The normalized spacial score (nSPS) is 15.5. The van der Waals surface area contributed by atoms with Gasteiger partial charge in [0.25, 0.3) is 0 Å². The lowest BCUT2D eigenvalue weighted by Crippen LogP contribution is -2.04. The van der Waals surface area contributed by atoms with Crippen LogP contribution in [0.2, 0.25) is 0 Å². The van der Waals surface area contributed by atoms with E-state index in [1.54, 1.807) is 0 Å². The van der Waals surface area contributed by atoms with E-state index >= 15 is 0 Å². The smallest absolute Gasteiger partial charge is 0.178 e. The molecular weight excluding hydrogens is 230 g/mol. The number of imidazole rings is 1. The molecule has 0 saturated carbocycles. The summed E-state index contributed by atoms with van der Waals surface area (Å²) in [7, 11) is 0. The summed E-state index contributed by atoms with van der Waals surface area (Å²) in [6, 6.07) is 8.20. The zero-order valence-electron chi connectivity index (χ0n) is 9.18. The van der Waals surface area contributed by atoms with E-state index in [4.69, 9.17) is 17.5 Å². The van der Waals surface area contributed by atoms with Gasteiger partial charge in [-0.15, -0.1) is 0 Å². The van der Waals surface area contributed by atoms with Crippen molar-refractivity contribution in [3.8, 4) is 6.07 Å². The van der Waals surface area contributed by atoms with Crippen molar-refractivity contribution in [1.29, 1.82) is 5.26 Å². The van der Waals surface area contributed by atoms with Gasteiger partial charge in [-0.05, 0) is 43.3 Å². The number of aromatic nitrogens is 2. The van der Waals surface area contributed by atoms with Crippen LogP contribution >= 0.6 is 12.2 Å². The molecule has 0 unspecified atom stereocenters. The zero-order valence-corrected chi connectivity index (χ0v) is 10.00. The SMILES string of the molecule is N#Cc1ccc2[nH]c(=S)n(C3CC=CC3)c2c1. The van der Waals surface area contributed by atoms with Crippen molar-refractivity contribution in [3.63, 3.8) is 0 Å². The van der Waals surface area contributed by atoms with Crippen molar-refractivity contribution >= 4 is 23.3 Å². The predicted octanol–water partition coefficient (Wildman–Crippen LogP) is 3.46. The van der Waals surface area contributed by atoms with E-state index in [2.05, 4.69) is 27.8 Å². The third-order valence-corrected chi connectivity index (χ3v) is 3.49. The molecule has 1 N–H and O–H groups in total. The maximum atomic E-state index is 8.95. The number of fused-ring (bicyclic) bond motifs is 1. The van der Waals surface area contributed by atoms with Gasteiger partial charge in [-0.2, -0.15) is 5.26 Å². The van der Waals surface area contributed by atoms with Gasteiger partial charge in [-0.25, -0.2) is 0 Å². The Labute approximate surface area is 104 Å². The van der Waals surface area contributed by atoms with Gasteiger partial charge in [0.1, 0.15) is 0 Å². The van der Waals surface area contributed by atoms with Crippen LogP contribution in [0, 0.1) is 16.1 Å². The summed E-state index contributed by atoms with van der Waals surface area (Å²) < 4.78 is 2.87. The Morgan fingerprint density at radius 1 is 1.35 bits per heavy atom. The Morgan fingerprint density at radius 2 is 2.12 bits per heavy atom. The molecule has 17 heavy (non-hydrogen) atoms. The van der Waals surface area contributed by atoms with E-state index in [1.165, 1.54) is 0 Å². The fraction of sp³-hybridized carbons (Fsp3) is 0.231. The Balaban J connectivity index is 2.25. The van der Waals surface area contributed by atoms with Gasteiger partial charge >= 0.3 is 0 Å². The predicted molar refractivity (Wildman–Crippen MR) is 69.2 cm³/mol. The van der Waals surface area contributed by atoms with Gasteiger partial charge in [0, 0.05) is 6.04 Å². The average molecular weight is 241 g/mol. The van der Waals surface area contributed by atoms with Crippen molar-refractivity contribution < 1.29 is 0 Å². The standard InChI is InChI=1S/C13H11N3S/c14-8-9-5-6-11-12(7-9)16(13(17)15-11)10-3-1-2-4-10/h1-2,5-7,10H,3-4H2,(H,15,17). The molecule has 0 saturated heterocycles.